The summed E-state index contributed by atoms with van der Waals surface area (Å²) in [5.74, 6) is -0.0465. The number of hydrogen-bond donors (Lipinski definition) is 3. The molecular weight excluding hydrogens is 390 g/mol. The van der Waals surface area contributed by atoms with Crippen LogP contribution in [-0.4, -0.2) is 17.1 Å². The first kappa shape index (κ1) is 22.9. The summed E-state index contributed by atoms with van der Waals surface area (Å²) >= 11 is 0. The highest BCUT2D eigenvalue weighted by atomic mass is 16.7. The number of carbonyl (C=O) groups is 1. The number of nitrogen functional groups attached to an aromatic ring is 1. The predicted molar refractivity (Wildman–Crippen MR) is 125 cm³/mol. The Morgan fingerprint density at radius 2 is 1.58 bits per heavy atom. The quantitative estimate of drug-likeness (QED) is 0.617. The highest BCUT2D eigenvalue weighted by Crippen LogP contribution is 2.45. The van der Waals surface area contributed by atoms with Crippen LogP contribution >= 0.6 is 0 Å². The number of anilines is 2. The summed E-state index contributed by atoms with van der Waals surface area (Å²) in [5, 5.41) is 12.9. The molecule has 6 nitrogen and oxygen atoms in total. The van der Waals surface area contributed by atoms with Crippen LogP contribution in [0.15, 0.2) is 36.4 Å². The summed E-state index contributed by atoms with van der Waals surface area (Å²) in [6.07, 6.45) is 0.453. The normalized spacial score (nSPS) is 19.6. The lowest BCUT2D eigenvalue weighted by atomic mass is 9.77. The number of nitrogens with two attached hydrogens (primary N) is 2. The van der Waals surface area contributed by atoms with Gasteiger partial charge in [-0.3, -0.25) is 9.63 Å². The van der Waals surface area contributed by atoms with Crippen LogP contribution in [0.1, 0.15) is 77.1 Å². The molecular formula is C25H35N3O3. The molecule has 31 heavy (non-hydrogen) atoms. The van der Waals surface area contributed by atoms with E-state index < -0.39 is 0 Å². The van der Waals surface area contributed by atoms with Crippen LogP contribution in [0.5, 0.6) is 5.75 Å². The average molecular weight is 426 g/mol. The minimum Gasteiger partial charge on any atom is -0.507 e. The van der Waals surface area contributed by atoms with Crippen molar-refractivity contribution in [3.63, 3.8) is 0 Å². The van der Waals surface area contributed by atoms with Crippen molar-refractivity contribution in [3.05, 3.63) is 53.1 Å². The van der Waals surface area contributed by atoms with E-state index in [0.717, 1.165) is 22.4 Å². The lowest BCUT2D eigenvalue weighted by Crippen LogP contribution is -2.25. The van der Waals surface area contributed by atoms with E-state index in [9.17, 15) is 9.90 Å². The predicted octanol–water partition coefficient (Wildman–Crippen LogP) is 4.70. The molecule has 2 aromatic carbocycles. The maximum Gasteiger partial charge on any atom is 0.220 e. The van der Waals surface area contributed by atoms with Gasteiger partial charge >= 0.3 is 0 Å². The standard InChI is InChI=1S/C25H35N3O3/c1-24(2,3)19-11-15(12-20(23(19)30)25(4,5)6)21-13-18(14-22(27)29)31-28(21)17-9-7-16(26)8-10-17/h7-12,18,21,30H,13-14,26H2,1-6H3,(H2,27,29). The van der Waals surface area contributed by atoms with E-state index >= 15 is 0 Å². The van der Waals surface area contributed by atoms with E-state index in [1.54, 1.807) is 0 Å². The van der Waals surface area contributed by atoms with E-state index in [2.05, 4.69) is 53.7 Å². The Kier molecular flexibility index (Phi) is 5.98. The second-order valence-corrected chi connectivity index (χ2v) is 10.5. The van der Waals surface area contributed by atoms with E-state index in [1.165, 1.54) is 0 Å². The summed E-state index contributed by atoms with van der Waals surface area (Å²) in [5.41, 5.74) is 15.2. The SMILES string of the molecule is CC(C)(C)c1cc(C2CC(CC(N)=O)ON2c2ccc(N)cc2)cc(C(C)(C)C)c1O. The zero-order valence-electron chi connectivity index (χ0n) is 19.4. The van der Waals surface area contributed by atoms with Crippen LogP contribution in [0.3, 0.4) is 0 Å². The number of phenolic OH excluding ortho intramolecular Hbond substituents is 1. The van der Waals surface area contributed by atoms with Crippen LogP contribution in [0.4, 0.5) is 11.4 Å². The molecule has 6 heteroatoms. The fourth-order valence-electron chi connectivity index (χ4n) is 4.09. The molecule has 1 fully saturated rings. The molecule has 1 saturated heterocycles. The van der Waals surface area contributed by atoms with Crippen LogP contribution in [0, 0.1) is 0 Å². The molecule has 0 aliphatic carbocycles. The molecule has 0 aromatic heterocycles. The third-order valence-corrected chi connectivity index (χ3v) is 5.74. The number of primary amides is 1. The van der Waals surface area contributed by atoms with Gasteiger partial charge in [0.1, 0.15) is 5.75 Å². The minimum absolute atomic E-state index is 0.129. The van der Waals surface area contributed by atoms with Gasteiger partial charge in [-0.05, 0) is 63.9 Å². The van der Waals surface area contributed by atoms with Crippen LogP contribution in [0.25, 0.3) is 0 Å². The lowest BCUT2D eigenvalue weighted by Gasteiger charge is -2.31. The van der Waals surface area contributed by atoms with Crippen LogP contribution in [-0.2, 0) is 20.5 Å². The van der Waals surface area contributed by atoms with E-state index in [0.29, 0.717) is 17.9 Å². The lowest BCUT2D eigenvalue weighted by molar-refractivity contribution is -0.120. The fourth-order valence-corrected chi connectivity index (χ4v) is 4.09. The van der Waals surface area contributed by atoms with Crippen molar-refractivity contribution in [1.29, 1.82) is 0 Å². The highest BCUT2D eigenvalue weighted by molar-refractivity contribution is 5.74. The molecule has 1 heterocycles. The molecule has 2 unspecified atom stereocenters. The van der Waals surface area contributed by atoms with Crippen molar-refractivity contribution < 1.29 is 14.7 Å². The molecule has 0 saturated carbocycles. The van der Waals surface area contributed by atoms with E-state index in [1.807, 2.05) is 29.3 Å². The first-order valence-electron chi connectivity index (χ1n) is 10.7. The monoisotopic (exact) mass is 425 g/mol. The molecule has 3 rings (SSSR count). The van der Waals surface area contributed by atoms with Crippen molar-refractivity contribution in [1.82, 2.24) is 0 Å². The molecule has 1 amide bonds. The van der Waals surface area contributed by atoms with Gasteiger partial charge in [-0.15, -0.1) is 0 Å². The van der Waals surface area contributed by atoms with Gasteiger partial charge in [0.25, 0.3) is 0 Å². The van der Waals surface area contributed by atoms with Gasteiger partial charge in [0.15, 0.2) is 0 Å². The Labute approximate surface area is 185 Å². The number of phenols is 1. The summed E-state index contributed by atoms with van der Waals surface area (Å²) in [6, 6.07) is 11.5. The largest absolute Gasteiger partial charge is 0.507 e. The molecule has 2 aromatic rings. The van der Waals surface area contributed by atoms with Crippen molar-refractivity contribution in [2.75, 3.05) is 10.8 Å². The zero-order chi connectivity index (χ0) is 23.1. The molecule has 5 N–H and O–H groups in total. The van der Waals surface area contributed by atoms with Gasteiger partial charge in [0, 0.05) is 12.1 Å². The van der Waals surface area contributed by atoms with Gasteiger partial charge in [0.05, 0.1) is 24.3 Å². The number of carbonyl (C=O) groups excluding carboxylic acids is 1. The van der Waals surface area contributed by atoms with Gasteiger partial charge in [-0.1, -0.05) is 41.5 Å². The summed E-state index contributed by atoms with van der Waals surface area (Å²) in [6.45, 7) is 12.6. The second kappa shape index (κ2) is 8.08. The molecule has 0 bridgehead atoms. The van der Waals surface area contributed by atoms with Crippen molar-refractivity contribution in [2.24, 2.45) is 5.73 Å². The van der Waals surface area contributed by atoms with Crippen LogP contribution < -0.4 is 16.5 Å². The maximum absolute atomic E-state index is 11.6. The van der Waals surface area contributed by atoms with Crippen molar-refractivity contribution >= 4 is 17.3 Å². The molecule has 0 radical (unpaired) electrons. The zero-order valence-corrected chi connectivity index (χ0v) is 19.4. The Morgan fingerprint density at radius 3 is 2.03 bits per heavy atom. The number of rotatable bonds is 4. The Bertz CT molecular complexity index is 920. The number of amides is 1. The second-order valence-electron chi connectivity index (χ2n) is 10.5. The summed E-state index contributed by atoms with van der Waals surface area (Å²) in [7, 11) is 0. The van der Waals surface area contributed by atoms with E-state index in [-0.39, 0.29) is 35.3 Å². The maximum atomic E-state index is 11.6. The van der Waals surface area contributed by atoms with Gasteiger partial charge in [0.2, 0.25) is 5.91 Å². The summed E-state index contributed by atoms with van der Waals surface area (Å²) < 4.78 is 0. The number of nitrogens with zero attached hydrogens (tertiary/aromatic N) is 1. The average Bonchev–Trinajstić information content (AvgIpc) is 3.03. The number of hydrogen-bond acceptors (Lipinski definition) is 5. The number of benzene rings is 2. The Balaban J connectivity index is 2.14. The molecule has 1 aliphatic rings. The smallest absolute Gasteiger partial charge is 0.220 e. The molecule has 168 valence electrons. The van der Waals surface area contributed by atoms with E-state index in [4.69, 9.17) is 16.3 Å². The van der Waals surface area contributed by atoms with Crippen molar-refractivity contribution in [2.45, 2.75) is 77.4 Å². The third-order valence-electron chi connectivity index (χ3n) is 5.74. The first-order chi connectivity index (χ1) is 14.3. The Hall–Kier alpha value is -2.73. The number of aromatic hydroxyl groups is 1. The van der Waals surface area contributed by atoms with Gasteiger partial charge in [-0.2, -0.15) is 0 Å². The first-order valence-corrected chi connectivity index (χ1v) is 10.7. The summed E-state index contributed by atoms with van der Waals surface area (Å²) in [4.78, 5) is 17.8. The minimum atomic E-state index is -0.389. The molecule has 2 atom stereocenters. The topological polar surface area (TPSA) is 102 Å². The van der Waals surface area contributed by atoms with Gasteiger partial charge < -0.3 is 16.6 Å². The molecule has 0 spiro atoms. The van der Waals surface area contributed by atoms with Gasteiger partial charge in [-0.25, -0.2) is 5.06 Å². The number of hydroxylamine groups is 1. The third kappa shape index (κ3) is 4.96. The Morgan fingerprint density at radius 1 is 1.06 bits per heavy atom. The fraction of sp³-hybridized carbons (Fsp3) is 0.480. The highest BCUT2D eigenvalue weighted by Gasteiger charge is 2.38. The molecule has 1 aliphatic heterocycles. The van der Waals surface area contributed by atoms with Crippen molar-refractivity contribution in [3.8, 4) is 5.75 Å². The van der Waals surface area contributed by atoms with Crippen LogP contribution in [0.2, 0.25) is 0 Å².